The molecule has 2 aliphatic heterocycles. The van der Waals surface area contributed by atoms with Crippen LogP contribution in [-0.2, 0) is 49.3 Å². The molecule has 0 aromatic heterocycles. The van der Waals surface area contributed by atoms with Gasteiger partial charge in [0, 0.05) is 28.3 Å². The Balaban J connectivity index is 1.80. The monoisotopic (exact) mass is 484 g/mol. The molecule has 10 nitrogen and oxygen atoms in total. The van der Waals surface area contributed by atoms with E-state index in [-0.39, 0.29) is 0 Å². The Hall–Kier alpha value is -1.63. The smallest absolute Gasteiger partial charge is 0.303 e. The second kappa shape index (κ2) is 12.4. The van der Waals surface area contributed by atoms with E-state index in [4.69, 9.17) is 37.9 Å². The number of aliphatic hydroxyl groups excluding tert-OH is 1. The Labute approximate surface area is 200 Å². The molecular formula is C24H36O10. The van der Waals surface area contributed by atoms with E-state index in [2.05, 4.69) is 0 Å². The highest BCUT2D eigenvalue weighted by Crippen LogP contribution is 2.33. The highest BCUT2D eigenvalue weighted by Gasteiger charge is 2.52. The van der Waals surface area contributed by atoms with Crippen molar-refractivity contribution < 1.29 is 47.8 Å². The Bertz CT molecular complexity index is 761. The molecule has 2 saturated heterocycles. The van der Waals surface area contributed by atoms with Gasteiger partial charge in [-0.2, -0.15) is 0 Å². The van der Waals surface area contributed by atoms with Crippen LogP contribution >= 0.6 is 0 Å². The minimum Gasteiger partial charge on any atom is -0.454 e. The summed E-state index contributed by atoms with van der Waals surface area (Å²) in [6.07, 6.45) is -7.42. The predicted octanol–water partition coefficient (Wildman–Crippen LogP) is 1.42. The highest BCUT2D eigenvalue weighted by molar-refractivity contribution is 5.66. The number of carbonyl (C=O) groups is 1. The van der Waals surface area contributed by atoms with Crippen LogP contribution in [0.25, 0.3) is 0 Å². The van der Waals surface area contributed by atoms with Crippen LogP contribution in [0.15, 0.2) is 30.3 Å². The number of ether oxygens (including phenoxy) is 8. The van der Waals surface area contributed by atoms with Crippen LogP contribution in [0.3, 0.4) is 0 Å². The average Bonchev–Trinajstić information content (AvgIpc) is 2.81. The molecule has 10 atom stereocenters. The van der Waals surface area contributed by atoms with Crippen LogP contribution in [-0.4, -0.2) is 93.8 Å². The quantitative estimate of drug-likeness (QED) is 0.517. The first-order chi connectivity index (χ1) is 16.3. The third kappa shape index (κ3) is 6.13. The maximum absolute atomic E-state index is 12.0. The van der Waals surface area contributed by atoms with Gasteiger partial charge < -0.3 is 43.0 Å². The summed E-state index contributed by atoms with van der Waals surface area (Å²) < 4.78 is 46.5. The SMILES string of the molecule is CO[C@@H]1[C@@H](O[C@@H]2O[C@@H](C)[C@H](OCc3ccccc3)[C@@H](OC)[C@H]2OC(C)=O)[C@H](C)O[C@@H](O)[C@@H]1OC. The van der Waals surface area contributed by atoms with Crippen LogP contribution in [0.5, 0.6) is 0 Å². The summed E-state index contributed by atoms with van der Waals surface area (Å²) in [6.45, 7) is 5.24. The summed E-state index contributed by atoms with van der Waals surface area (Å²) in [5, 5.41) is 10.2. The molecule has 3 rings (SSSR count). The zero-order chi connectivity index (χ0) is 24.8. The summed E-state index contributed by atoms with van der Waals surface area (Å²) in [5.74, 6) is -0.512. The molecule has 0 radical (unpaired) electrons. The third-order valence-corrected chi connectivity index (χ3v) is 6.17. The van der Waals surface area contributed by atoms with Gasteiger partial charge in [0.1, 0.15) is 30.5 Å². The molecule has 0 saturated carbocycles. The lowest BCUT2D eigenvalue weighted by Crippen LogP contribution is -2.64. The summed E-state index contributed by atoms with van der Waals surface area (Å²) in [7, 11) is 4.47. The first kappa shape index (κ1) is 27.0. The normalized spacial score (nSPS) is 38.4. The van der Waals surface area contributed by atoms with Gasteiger partial charge in [-0.25, -0.2) is 0 Å². The van der Waals surface area contributed by atoms with Crippen molar-refractivity contribution in [1.29, 1.82) is 0 Å². The third-order valence-electron chi connectivity index (χ3n) is 6.17. The molecule has 2 heterocycles. The van der Waals surface area contributed by atoms with Gasteiger partial charge in [-0.3, -0.25) is 4.79 Å². The molecule has 0 spiro atoms. The van der Waals surface area contributed by atoms with E-state index in [1.165, 1.54) is 28.3 Å². The molecule has 192 valence electrons. The van der Waals surface area contributed by atoms with Crippen molar-refractivity contribution in [1.82, 2.24) is 0 Å². The maximum atomic E-state index is 12.0. The lowest BCUT2D eigenvalue weighted by molar-refractivity contribution is -0.356. The Morgan fingerprint density at radius 2 is 1.44 bits per heavy atom. The van der Waals surface area contributed by atoms with E-state index in [1.807, 2.05) is 37.3 Å². The Kier molecular flexibility index (Phi) is 9.81. The summed E-state index contributed by atoms with van der Waals surface area (Å²) >= 11 is 0. The Morgan fingerprint density at radius 1 is 0.853 bits per heavy atom. The van der Waals surface area contributed by atoms with E-state index < -0.39 is 67.4 Å². The lowest BCUT2D eigenvalue weighted by Gasteiger charge is -2.48. The van der Waals surface area contributed by atoms with Gasteiger partial charge in [-0.1, -0.05) is 30.3 Å². The van der Waals surface area contributed by atoms with Crippen LogP contribution in [0.2, 0.25) is 0 Å². The number of esters is 1. The topological polar surface area (TPSA) is 111 Å². The second-order valence-corrected chi connectivity index (χ2v) is 8.48. The van der Waals surface area contributed by atoms with Crippen molar-refractivity contribution >= 4 is 5.97 Å². The molecule has 34 heavy (non-hydrogen) atoms. The number of rotatable bonds is 9. The van der Waals surface area contributed by atoms with Crippen LogP contribution < -0.4 is 0 Å². The number of aliphatic hydroxyl groups is 1. The van der Waals surface area contributed by atoms with Gasteiger partial charge in [-0.15, -0.1) is 0 Å². The number of carbonyl (C=O) groups excluding carboxylic acids is 1. The summed E-state index contributed by atoms with van der Waals surface area (Å²) in [5.41, 5.74) is 0.993. The van der Waals surface area contributed by atoms with Crippen molar-refractivity contribution in [3.05, 3.63) is 35.9 Å². The molecule has 0 bridgehead atoms. The van der Waals surface area contributed by atoms with Crippen LogP contribution in [0.4, 0.5) is 0 Å². The zero-order valence-corrected chi connectivity index (χ0v) is 20.5. The molecule has 1 aromatic carbocycles. The van der Waals surface area contributed by atoms with Crippen molar-refractivity contribution in [2.24, 2.45) is 0 Å². The molecule has 2 fully saturated rings. The van der Waals surface area contributed by atoms with Crippen molar-refractivity contribution in [3.63, 3.8) is 0 Å². The molecule has 0 aliphatic carbocycles. The van der Waals surface area contributed by atoms with Gasteiger partial charge in [0.15, 0.2) is 18.7 Å². The van der Waals surface area contributed by atoms with E-state index >= 15 is 0 Å². The first-order valence-electron chi connectivity index (χ1n) is 11.4. The fourth-order valence-electron chi connectivity index (χ4n) is 4.52. The van der Waals surface area contributed by atoms with Crippen LogP contribution in [0, 0.1) is 0 Å². The summed E-state index contributed by atoms with van der Waals surface area (Å²) in [4.78, 5) is 12.0. The Morgan fingerprint density at radius 3 is 2.03 bits per heavy atom. The average molecular weight is 485 g/mol. The van der Waals surface area contributed by atoms with E-state index in [9.17, 15) is 9.90 Å². The summed E-state index contributed by atoms with van der Waals surface area (Å²) in [6, 6.07) is 9.72. The minimum atomic E-state index is -1.18. The predicted molar refractivity (Wildman–Crippen MR) is 119 cm³/mol. The van der Waals surface area contributed by atoms with Gasteiger partial charge in [0.05, 0.1) is 18.8 Å². The van der Waals surface area contributed by atoms with E-state index in [1.54, 1.807) is 6.92 Å². The van der Waals surface area contributed by atoms with Gasteiger partial charge >= 0.3 is 5.97 Å². The van der Waals surface area contributed by atoms with Gasteiger partial charge in [0.2, 0.25) is 0 Å². The fraction of sp³-hybridized carbons (Fsp3) is 0.708. The molecular weight excluding hydrogens is 448 g/mol. The fourth-order valence-corrected chi connectivity index (χ4v) is 4.52. The number of hydrogen-bond acceptors (Lipinski definition) is 10. The minimum absolute atomic E-state index is 0.337. The van der Waals surface area contributed by atoms with E-state index in [0.29, 0.717) is 6.61 Å². The number of methoxy groups -OCH3 is 3. The van der Waals surface area contributed by atoms with Crippen LogP contribution in [0.1, 0.15) is 26.3 Å². The van der Waals surface area contributed by atoms with Crippen molar-refractivity contribution in [2.45, 2.75) is 88.8 Å². The van der Waals surface area contributed by atoms with Crippen molar-refractivity contribution in [3.8, 4) is 0 Å². The van der Waals surface area contributed by atoms with Crippen molar-refractivity contribution in [2.75, 3.05) is 21.3 Å². The first-order valence-corrected chi connectivity index (χ1v) is 11.4. The maximum Gasteiger partial charge on any atom is 0.303 e. The molecule has 1 aromatic rings. The second-order valence-electron chi connectivity index (χ2n) is 8.48. The molecule has 10 heteroatoms. The molecule has 0 amide bonds. The number of benzene rings is 1. The van der Waals surface area contributed by atoms with Gasteiger partial charge in [0.25, 0.3) is 0 Å². The largest absolute Gasteiger partial charge is 0.454 e. The van der Waals surface area contributed by atoms with Gasteiger partial charge in [-0.05, 0) is 19.4 Å². The standard InChI is InChI=1S/C24H36O10/c1-13-17(30-12-16-10-8-7-9-11-16)19(27-4)22(33-15(3)25)24(32-13)34-18-14(2)31-23(26)21(29-6)20(18)28-5/h7-11,13-14,17-24,26H,12H2,1-6H3/t13-,14-,17-,18-,19+,20+,21+,22+,23+,24-/m0/s1. The highest BCUT2D eigenvalue weighted by atomic mass is 16.7. The van der Waals surface area contributed by atoms with E-state index in [0.717, 1.165) is 5.56 Å². The number of hydrogen-bond donors (Lipinski definition) is 1. The lowest BCUT2D eigenvalue weighted by atomic mass is 9.97. The zero-order valence-electron chi connectivity index (χ0n) is 20.5. The molecule has 1 N–H and O–H groups in total. The molecule has 0 unspecified atom stereocenters. The molecule has 2 aliphatic rings.